The molecule has 4 heterocycles. The number of hydrogen-bond acceptors (Lipinski definition) is 3. The monoisotopic (exact) mass is 580 g/mol. The van der Waals surface area contributed by atoms with Crippen LogP contribution in [0, 0.1) is 0 Å². The summed E-state index contributed by atoms with van der Waals surface area (Å²) in [5, 5.41) is 2.52. The van der Waals surface area contributed by atoms with E-state index in [1.54, 1.807) is 0 Å². The molecule has 0 amide bonds. The normalized spacial score (nSPS) is 15.6. The molecule has 0 unspecified atom stereocenters. The third kappa shape index (κ3) is 3.63. The van der Waals surface area contributed by atoms with E-state index in [9.17, 15) is 0 Å². The van der Waals surface area contributed by atoms with Crippen LogP contribution in [0.2, 0.25) is 0 Å². The number of benzene rings is 4. The fraction of sp³-hybridized carbons (Fsp3) is 0.146. The molecule has 0 fully saturated rings. The van der Waals surface area contributed by atoms with Crippen molar-refractivity contribution in [3.05, 3.63) is 150 Å². The SMILES string of the molecule is CC1(C)N=C2c3cccnc3C(C)(C)c3ncc(-c4ccc(-c5ccc6c(c5)c5ccccc5n6-c5ccccc5)cc4)c1c32. The van der Waals surface area contributed by atoms with Gasteiger partial charge in [0.05, 0.1) is 39.1 Å². The summed E-state index contributed by atoms with van der Waals surface area (Å²) in [7, 11) is 0. The Labute approximate surface area is 262 Å². The Bertz CT molecular complexity index is 2360. The summed E-state index contributed by atoms with van der Waals surface area (Å²) >= 11 is 0. The lowest BCUT2D eigenvalue weighted by Gasteiger charge is -2.33. The molecule has 7 aromatic rings. The minimum atomic E-state index is -0.373. The van der Waals surface area contributed by atoms with Gasteiger partial charge >= 0.3 is 0 Å². The number of aliphatic imine (C=N–C) groups is 1. The highest BCUT2D eigenvalue weighted by Gasteiger charge is 2.46. The van der Waals surface area contributed by atoms with Crippen molar-refractivity contribution in [3.63, 3.8) is 0 Å². The second kappa shape index (κ2) is 9.09. The van der Waals surface area contributed by atoms with Crippen LogP contribution < -0.4 is 0 Å². The van der Waals surface area contributed by atoms with E-state index < -0.39 is 0 Å². The fourth-order valence-electron chi connectivity index (χ4n) is 7.71. The van der Waals surface area contributed by atoms with Gasteiger partial charge in [-0.2, -0.15) is 0 Å². The van der Waals surface area contributed by atoms with E-state index in [0.29, 0.717) is 0 Å². The van der Waals surface area contributed by atoms with Gasteiger partial charge in [0.2, 0.25) is 0 Å². The van der Waals surface area contributed by atoms with Gasteiger partial charge in [0.15, 0.2) is 0 Å². The average molecular weight is 581 g/mol. The van der Waals surface area contributed by atoms with Crippen LogP contribution in [0.25, 0.3) is 49.7 Å². The highest BCUT2D eigenvalue weighted by molar-refractivity contribution is 6.19. The Morgan fingerprint density at radius 2 is 1.29 bits per heavy atom. The van der Waals surface area contributed by atoms with Gasteiger partial charge in [-0.25, -0.2) is 0 Å². The van der Waals surface area contributed by atoms with Crippen LogP contribution in [0.3, 0.4) is 0 Å². The molecule has 3 aromatic heterocycles. The first-order valence-electron chi connectivity index (χ1n) is 15.6. The van der Waals surface area contributed by atoms with Crippen LogP contribution in [-0.2, 0) is 11.0 Å². The molecule has 0 saturated heterocycles. The summed E-state index contributed by atoms with van der Waals surface area (Å²) in [6.07, 6.45) is 3.94. The summed E-state index contributed by atoms with van der Waals surface area (Å²) in [5.41, 5.74) is 14.3. The van der Waals surface area contributed by atoms with Crippen LogP contribution in [0.15, 0.2) is 127 Å². The van der Waals surface area contributed by atoms with Gasteiger partial charge in [0, 0.05) is 45.5 Å². The number of hydrogen-bond donors (Lipinski definition) is 0. The summed E-state index contributed by atoms with van der Waals surface area (Å²) in [5.74, 6) is 0. The molecule has 1 aliphatic carbocycles. The molecule has 0 spiro atoms. The molecule has 0 bridgehead atoms. The maximum atomic E-state index is 5.29. The van der Waals surface area contributed by atoms with Crippen molar-refractivity contribution in [2.45, 2.75) is 38.6 Å². The van der Waals surface area contributed by atoms with Gasteiger partial charge in [0.1, 0.15) is 0 Å². The van der Waals surface area contributed by atoms with E-state index in [2.05, 4.69) is 142 Å². The Morgan fingerprint density at radius 1 is 0.578 bits per heavy atom. The minimum absolute atomic E-state index is 0.301. The first-order chi connectivity index (χ1) is 21.8. The number of para-hydroxylation sites is 2. The largest absolute Gasteiger partial charge is 0.309 e. The zero-order chi connectivity index (χ0) is 30.5. The maximum absolute atomic E-state index is 5.29. The van der Waals surface area contributed by atoms with E-state index in [-0.39, 0.29) is 11.0 Å². The van der Waals surface area contributed by atoms with Gasteiger partial charge in [0.25, 0.3) is 0 Å². The fourth-order valence-corrected chi connectivity index (χ4v) is 7.71. The van der Waals surface area contributed by atoms with Crippen molar-refractivity contribution in [2.24, 2.45) is 4.99 Å². The lowest BCUT2D eigenvalue weighted by molar-refractivity contribution is 0.565. The zero-order valence-corrected chi connectivity index (χ0v) is 25.8. The van der Waals surface area contributed by atoms with E-state index in [1.165, 1.54) is 49.7 Å². The topological polar surface area (TPSA) is 43.1 Å². The van der Waals surface area contributed by atoms with E-state index in [4.69, 9.17) is 15.0 Å². The van der Waals surface area contributed by atoms with Crippen molar-refractivity contribution in [1.82, 2.24) is 14.5 Å². The molecule has 4 nitrogen and oxygen atoms in total. The van der Waals surface area contributed by atoms with E-state index in [0.717, 1.165) is 33.8 Å². The number of pyridine rings is 2. The summed E-state index contributed by atoms with van der Waals surface area (Å²) in [6.45, 7) is 8.89. The molecule has 0 saturated carbocycles. The van der Waals surface area contributed by atoms with Gasteiger partial charge in [-0.3, -0.25) is 15.0 Å². The first-order valence-corrected chi connectivity index (χ1v) is 15.6. The molecule has 45 heavy (non-hydrogen) atoms. The maximum Gasteiger partial charge on any atom is 0.0821 e. The third-order valence-electron chi connectivity index (χ3n) is 9.78. The lowest BCUT2D eigenvalue weighted by atomic mass is 9.71. The summed E-state index contributed by atoms with van der Waals surface area (Å²) in [4.78, 5) is 15.2. The highest BCUT2D eigenvalue weighted by Crippen LogP contribution is 2.50. The quantitative estimate of drug-likeness (QED) is 0.209. The summed E-state index contributed by atoms with van der Waals surface area (Å²) < 4.78 is 2.36. The molecule has 4 aromatic carbocycles. The number of aromatic nitrogens is 3. The van der Waals surface area contributed by atoms with Crippen LogP contribution >= 0.6 is 0 Å². The minimum Gasteiger partial charge on any atom is -0.309 e. The van der Waals surface area contributed by atoms with Crippen LogP contribution in [-0.4, -0.2) is 20.2 Å². The Kier molecular flexibility index (Phi) is 5.27. The first kappa shape index (κ1) is 26.1. The molecule has 0 N–H and O–H groups in total. The zero-order valence-electron chi connectivity index (χ0n) is 25.8. The van der Waals surface area contributed by atoms with Crippen LogP contribution in [0.1, 0.15) is 55.8 Å². The van der Waals surface area contributed by atoms with Gasteiger partial charge in [-0.1, -0.05) is 66.7 Å². The van der Waals surface area contributed by atoms with Crippen molar-refractivity contribution < 1.29 is 0 Å². The van der Waals surface area contributed by atoms with Gasteiger partial charge in [-0.05, 0) is 92.4 Å². The van der Waals surface area contributed by atoms with Crippen LogP contribution in [0.4, 0.5) is 0 Å². The third-order valence-corrected chi connectivity index (χ3v) is 9.78. The average Bonchev–Trinajstić information content (AvgIpc) is 3.55. The number of rotatable bonds is 3. The van der Waals surface area contributed by atoms with Crippen molar-refractivity contribution in [1.29, 1.82) is 0 Å². The molecule has 4 heteroatoms. The van der Waals surface area contributed by atoms with Crippen molar-refractivity contribution in [3.8, 4) is 27.9 Å². The molecule has 9 rings (SSSR count). The molecular weight excluding hydrogens is 548 g/mol. The lowest BCUT2D eigenvalue weighted by Crippen LogP contribution is -2.33. The number of nitrogens with zero attached hydrogens (tertiary/aromatic N) is 4. The molecule has 216 valence electrons. The van der Waals surface area contributed by atoms with Crippen molar-refractivity contribution in [2.75, 3.05) is 0 Å². The molecule has 2 aliphatic rings. The molecular formula is C41H32N4. The molecule has 1 aliphatic heterocycles. The smallest absolute Gasteiger partial charge is 0.0821 e. The van der Waals surface area contributed by atoms with E-state index >= 15 is 0 Å². The van der Waals surface area contributed by atoms with Crippen molar-refractivity contribution >= 4 is 27.5 Å². The number of fused-ring (bicyclic) bond motifs is 5. The second-order valence-electron chi connectivity index (χ2n) is 13.3. The second-order valence-corrected chi connectivity index (χ2v) is 13.3. The standard InChI is InChI=1S/C41H32N4/c1-40(2)38-30(14-10-22-42-38)37-35-36(41(3,4)44-37)32(24-43-39(35)40)26-18-16-25(17-19-26)27-20-21-34-31(23-27)29-13-8-9-15-33(29)45(34)28-11-6-5-7-12-28/h5-24H,1-4H3. The Hall–Kier alpha value is -5.35. The predicted octanol–water partition coefficient (Wildman–Crippen LogP) is 9.63. The molecule has 0 radical (unpaired) electrons. The highest BCUT2D eigenvalue weighted by atomic mass is 15.0. The van der Waals surface area contributed by atoms with Gasteiger partial charge < -0.3 is 4.57 Å². The van der Waals surface area contributed by atoms with E-state index in [1.807, 2.05) is 12.3 Å². The van der Waals surface area contributed by atoms with Gasteiger partial charge in [-0.15, -0.1) is 0 Å². The Balaban J connectivity index is 1.15. The molecule has 0 atom stereocenters. The predicted molar refractivity (Wildman–Crippen MR) is 184 cm³/mol. The van der Waals surface area contributed by atoms with Crippen LogP contribution in [0.5, 0.6) is 0 Å². The summed E-state index contributed by atoms with van der Waals surface area (Å²) in [6, 6.07) is 39.3. The Morgan fingerprint density at radius 3 is 2.11 bits per heavy atom.